The van der Waals surface area contributed by atoms with Crippen molar-refractivity contribution in [2.45, 2.75) is 19.5 Å². The SMILES string of the molecule is COc1ccccc1N1CCN(C(C)C(=O)NCc2ccc(Cl)cc2)CC1. The van der Waals surface area contributed by atoms with Gasteiger partial charge in [-0.1, -0.05) is 35.9 Å². The van der Waals surface area contributed by atoms with Crippen LogP contribution in [0.3, 0.4) is 0 Å². The molecule has 0 saturated carbocycles. The van der Waals surface area contributed by atoms with E-state index in [2.05, 4.69) is 21.2 Å². The number of piperazine rings is 1. The molecular formula is C21H26ClN3O2. The van der Waals surface area contributed by atoms with Crippen molar-refractivity contribution >= 4 is 23.2 Å². The van der Waals surface area contributed by atoms with Crippen molar-refractivity contribution in [3.05, 3.63) is 59.1 Å². The van der Waals surface area contributed by atoms with Gasteiger partial charge in [0.25, 0.3) is 0 Å². The van der Waals surface area contributed by atoms with E-state index in [1.807, 2.05) is 49.4 Å². The quantitative estimate of drug-likeness (QED) is 0.826. The van der Waals surface area contributed by atoms with Crippen LogP contribution in [-0.4, -0.2) is 50.1 Å². The second-order valence-electron chi connectivity index (χ2n) is 6.72. The van der Waals surface area contributed by atoms with Crippen LogP contribution in [0.5, 0.6) is 5.75 Å². The molecule has 1 heterocycles. The lowest BCUT2D eigenvalue weighted by molar-refractivity contribution is -0.126. The molecule has 2 aromatic rings. The van der Waals surface area contributed by atoms with Gasteiger partial charge in [-0.3, -0.25) is 9.69 Å². The molecule has 0 radical (unpaired) electrons. The molecule has 27 heavy (non-hydrogen) atoms. The molecule has 0 spiro atoms. The van der Waals surface area contributed by atoms with E-state index in [1.54, 1.807) is 7.11 Å². The predicted molar refractivity (Wildman–Crippen MR) is 110 cm³/mol. The number of hydrogen-bond acceptors (Lipinski definition) is 4. The summed E-state index contributed by atoms with van der Waals surface area (Å²) in [5.74, 6) is 0.940. The molecule has 5 nitrogen and oxygen atoms in total. The van der Waals surface area contributed by atoms with Crippen LogP contribution >= 0.6 is 11.6 Å². The van der Waals surface area contributed by atoms with E-state index >= 15 is 0 Å². The molecule has 3 rings (SSSR count). The maximum atomic E-state index is 12.5. The summed E-state index contributed by atoms with van der Waals surface area (Å²) in [6.07, 6.45) is 0. The second-order valence-corrected chi connectivity index (χ2v) is 7.15. The zero-order valence-electron chi connectivity index (χ0n) is 15.8. The lowest BCUT2D eigenvalue weighted by atomic mass is 10.1. The van der Waals surface area contributed by atoms with Crippen LogP contribution in [0.15, 0.2) is 48.5 Å². The van der Waals surface area contributed by atoms with Gasteiger partial charge in [-0.05, 0) is 36.8 Å². The third-order valence-electron chi connectivity index (χ3n) is 5.05. The van der Waals surface area contributed by atoms with Gasteiger partial charge in [0.1, 0.15) is 5.75 Å². The zero-order chi connectivity index (χ0) is 19.2. The molecule has 144 valence electrons. The monoisotopic (exact) mass is 387 g/mol. The van der Waals surface area contributed by atoms with Gasteiger partial charge in [-0.2, -0.15) is 0 Å². The Morgan fingerprint density at radius 2 is 1.78 bits per heavy atom. The van der Waals surface area contributed by atoms with Gasteiger partial charge < -0.3 is 15.0 Å². The minimum atomic E-state index is -0.155. The molecule has 0 bridgehead atoms. The Hall–Kier alpha value is -2.24. The molecule has 1 N–H and O–H groups in total. The minimum Gasteiger partial charge on any atom is -0.495 e. The molecule has 1 aliphatic heterocycles. The maximum absolute atomic E-state index is 12.5. The Labute approximate surface area is 165 Å². The van der Waals surface area contributed by atoms with Crippen LogP contribution in [0.25, 0.3) is 0 Å². The van der Waals surface area contributed by atoms with Crippen molar-refractivity contribution in [1.29, 1.82) is 0 Å². The van der Waals surface area contributed by atoms with Gasteiger partial charge in [0.2, 0.25) is 5.91 Å². The summed E-state index contributed by atoms with van der Waals surface area (Å²) in [4.78, 5) is 17.1. The Bertz CT molecular complexity index is 758. The lowest BCUT2D eigenvalue weighted by Crippen LogP contribution is -2.53. The van der Waals surface area contributed by atoms with E-state index in [4.69, 9.17) is 16.3 Å². The number of benzene rings is 2. The van der Waals surface area contributed by atoms with Gasteiger partial charge in [0.05, 0.1) is 18.8 Å². The first-order valence-electron chi connectivity index (χ1n) is 9.22. The van der Waals surface area contributed by atoms with Crippen molar-refractivity contribution < 1.29 is 9.53 Å². The van der Waals surface area contributed by atoms with Crippen molar-refractivity contribution in [3.63, 3.8) is 0 Å². The molecule has 1 atom stereocenters. The summed E-state index contributed by atoms with van der Waals surface area (Å²) in [5.41, 5.74) is 2.15. The van der Waals surface area contributed by atoms with Crippen molar-refractivity contribution in [2.24, 2.45) is 0 Å². The number of amides is 1. The number of methoxy groups -OCH3 is 1. The van der Waals surface area contributed by atoms with Crippen LogP contribution < -0.4 is 15.0 Å². The fourth-order valence-electron chi connectivity index (χ4n) is 3.35. The van der Waals surface area contributed by atoms with Crippen molar-refractivity contribution in [1.82, 2.24) is 10.2 Å². The zero-order valence-corrected chi connectivity index (χ0v) is 16.6. The molecule has 0 aromatic heterocycles. The van der Waals surface area contributed by atoms with Gasteiger partial charge >= 0.3 is 0 Å². The van der Waals surface area contributed by atoms with E-state index in [1.165, 1.54) is 0 Å². The molecule has 1 fully saturated rings. The molecule has 2 aromatic carbocycles. The number of halogens is 1. The first-order chi connectivity index (χ1) is 13.1. The van der Waals surface area contributed by atoms with E-state index in [9.17, 15) is 4.79 Å². The fourth-order valence-corrected chi connectivity index (χ4v) is 3.47. The number of rotatable bonds is 6. The average molecular weight is 388 g/mol. The summed E-state index contributed by atoms with van der Waals surface area (Å²) in [7, 11) is 1.70. The number of hydrogen-bond donors (Lipinski definition) is 1. The third kappa shape index (κ3) is 4.93. The summed E-state index contributed by atoms with van der Waals surface area (Å²) >= 11 is 5.90. The van der Waals surface area contributed by atoms with E-state index in [-0.39, 0.29) is 11.9 Å². The standard InChI is InChI=1S/C21H26ClN3O2/c1-16(21(26)23-15-17-7-9-18(22)10-8-17)24-11-13-25(14-12-24)19-5-3-4-6-20(19)27-2/h3-10,16H,11-15H2,1-2H3,(H,23,26). The van der Waals surface area contributed by atoms with E-state index in [0.717, 1.165) is 43.2 Å². The summed E-state index contributed by atoms with van der Waals surface area (Å²) < 4.78 is 5.46. The van der Waals surface area contributed by atoms with Crippen LogP contribution in [0.2, 0.25) is 5.02 Å². The molecule has 0 aliphatic carbocycles. The Kier molecular flexibility index (Phi) is 6.58. The maximum Gasteiger partial charge on any atom is 0.237 e. The molecule has 1 saturated heterocycles. The smallest absolute Gasteiger partial charge is 0.237 e. The highest BCUT2D eigenvalue weighted by molar-refractivity contribution is 6.30. The first-order valence-corrected chi connectivity index (χ1v) is 9.60. The number of nitrogens with one attached hydrogen (secondary N) is 1. The fraction of sp³-hybridized carbons (Fsp3) is 0.381. The molecule has 1 amide bonds. The van der Waals surface area contributed by atoms with Crippen LogP contribution in [-0.2, 0) is 11.3 Å². The van der Waals surface area contributed by atoms with Gasteiger partial charge in [-0.25, -0.2) is 0 Å². The second kappa shape index (κ2) is 9.11. The van der Waals surface area contributed by atoms with Crippen LogP contribution in [0.1, 0.15) is 12.5 Å². The summed E-state index contributed by atoms with van der Waals surface area (Å²) in [6.45, 7) is 5.91. The predicted octanol–water partition coefficient (Wildman–Crippen LogP) is 3.18. The Morgan fingerprint density at radius 3 is 2.44 bits per heavy atom. The largest absolute Gasteiger partial charge is 0.495 e. The third-order valence-corrected chi connectivity index (χ3v) is 5.30. The normalized spacial score (nSPS) is 16.0. The highest BCUT2D eigenvalue weighted by Crippen LogP contribution is 2.28. The molecule has 1 unspecified atom stereocenters. The molecule has 6 heteroatoms. The van der Waals surface area contributed by atoms with Crippen LogP contribution in [0.4, 0.5) is 5.69 Å². The first kappa shape index (κ1) is 19.5. The van der Waals surface area contributed by atoms with Crippen molar-refractivity contribution in [3.8, 4) is 5.75 Å². The van der Waals surface area contributed by atoms with Gasteiger partial charge in [0, 0.05) is 37.7 Å². The number of anilines is 1. The molecular weight excluding hydrogens is 362 g/mol. The average Bonchev–Trinajstić information content (AvgIpc) is 2.72. The van der Waals surface area contributed by atoms with Crippen LogP contribution in [0, 0.1) is 0 Å². The topological polar surface area (TPSA) is 44.8 Å². The lowest BCUT2D eigenvalue weighted by Gasteiger charge is -2.38. The van der Waals surface area contributed by atoms with E-state index in [0.29, 0.717) is 11.6 Å². The molecule has 1 aliphatic rings. The highest BCUT2D eigenvalue weighted by atomic mass is 35.5. The van der Waals surface area contributed by atoms with Crippen molar-refractivity contribution in [2.75, 3.05) is 38.2 Å². The Balaban J connectivity index is 1.51. The minimum absolute atomic E-state index is 0.0516. The number of ether oxygens (including phenoxy) is 1. The highest BCUT2D eigenvalue weighted by Gasteiger charge is 2.26. The Morgan fingerprint density at radius 1 is 1.11 bits per heavy atom. The summed E-state index contributed by atoms with van der Waals surface area (Å²) in [5, 5.41) is 3.72. The number of nitrogens with zero attached hydrogens (tertiary/aromatic N) is 2. The number of para-hydroxylation sites is 2. The van der Waals surface area contributed by atoms with Gasteiger partial charge in [0.15, 0.2) is 0 Å². The number of carbonyl (C=O) groups excluding carboxylic acids is 1. The van der Waals surface area contributed by atoms with Gasteiger partial charge in [-0.15, -0.1) is 0 Å². The van der Waals surface area contributed by atoms with E-state index < -0.39 is 0 Å². The number of carbonyl (C=O) groups is 1. The summed E-state index contributed by atoms with van der Waals surface area (Å²) in [6, 6.07) is 15.4.